The van der Waals surface area contributed by atoms with Crippen LogP contribution in [0, 0.1) is 5.92 Å². The molecule has 0 saturated carbocycles. The number of benzene rings is 1. The highest BCUT2D eigenvalue weighted by Crippen LogP contribution is 2.48. The number of rotatable bonds is 2. The molecule has 0 aromatic heterocycles. The summed E-state index contributed by atoms with van der Waals surface area (Å²) in [6, 6.07) is 4.80. The third kappa shape index (κ3) is 2.03. The highest BCUT2D eigenvalue weighted by atomic mass is 35.5. The van der Waals surface area contributed by atoms with Crippen LogP contribution >= 0.6 is 11.6 Å². The third-order valence-electron chi connectivity index (χ3n) is 3.71. The summed E-state index contributed by atoms with van der Waals surface area (Å²) in [5.74, 6) is 0.428. The first-order valence-electron chi connectivity index (χ1n) is 5.95. The average Bonchev–Trinajstić information content (AvgIpc) is 2.84. The number of aliphatic hydroxyl groups is 1. The van der Waals surface area contributed by atoms with Crippen molar-refractivity contribution in [2.45, 2.75) is 12.1 Å². The van der Waals surface area contributed by atoms with Crippen molar-refractivity contribution in [1.82, 2.24) is 4.31 Å². The first-order valence-corrected chi connectivity index (χ1v) is 8.18. The highest BCUT2D eigenvalue weighted by molar-refractivity contribution is 7.88. The van der Waals surface area contributed by atoms with Gasteiger partial charge in [0.05, 0.1) is 18.9 Å². The molecule has 0 spiro atoms. The van der Waals surface area contributed by atoms with E-state index in [4.69, 9.17) is 16.3 Å². The molecule has 0 amide bonds. The van der Waals surface area contributed by atoms with E-state index in [0.29, 0.717) is 10.8 Å². The quantitative estimate of drug-likeness (QED) is 0.886. The van der Waals surface area contributed by atoms with E-state index in [0.717, 1.165) is 5.56 Å². The zero-order chi connectivity index (χ0) is 13.8. The second-order valence-corrected chi connectivity index (χ2v) is 7.36. The summed E-state index contributed by atoms with van der Waals surface area (Å²) in [6.07, 6.45) is 0.833. The van der Waals surface area contributed by atoms with E-state index in [2.05, 4.69) is 0 Å². The number of nitrogens with zero attached hydrogens (tertiary/aromatic N) is 1. The van der Waals surface area contributed by atoms with Gasteiger partial charge in [0.25, 0.3) is 0 Å². The zero-order valence-electron chi connectivity index (χ0n) is 10.3. The SMILES string of the molecule is CS(=O)(=O)N1C[C@@H](CO)[C@@H]2Oc3ccc(Cl)cc3[C@@H]21. The largest absolute Gasteiger partial charge is 0.488 e. The van der Waals surface area contributed by atoms with Crippen LogP contribution in [-0.2, 0) is 10.0 Å². The van der Waals surface area contributed by atoms with Crippen LogP contribution in [0.25, 0.3) is 0 Å². The van der Waals surface area contributed by atoms with Crippen LogP contribution in [0.4, 0.5) is 0 Å². The summed E-state index contributed by atoms with van der Waals surface area (Å²) in [5.41, 5.74) is 0.777. The van der Waals surface area contributed by atoms with Gasteiger partial charge in [0.2, 0.25) is 10.0 Å². The van der Waals surface area contributed by atoms with Crippen molar-refractivity contribution in [3.8, 4) is 5.75 Å². The Kier molecular flexibility index (Phi) is 3.01. The van der Waals surface area contributed by atoms with Crippen molar-refractivity contribution in [3.63, 3.8) is 0 Å². The standard InChI is InChI=1S/C12H14ClNO4S/c1-19(16,17)14-5-7(6-15)12-11(14)9-4-8(13)2-3-10(9)18-12/h2-4,7,11-12,15H,5-6H2,1H3/t7-,11-,12-/m0/s1. The molecule has 2 aliphatic heterocycles. The smallest absolute Gasteiger partial charge is 0.211 e. The zero-order valence-corrected chi connectivity index (χ0v) is 11.9. The van der Waals surface area contributed by atoms with Crippen molar-refractivity contribution < 1.29 is 18.3 Å². The Morgan fingerprint density at radius 2 is 2.26 bits per heavy atom. The van der Waals surface area contributed by atoms with Gasteiger partial charge in [-0.05, 0) is 18.2 Å². The fraction of sp³-hybridized carbons (Fsp3) is 0.500. The van der Waals surface area contributed by atoms with Gasteiger partial charge < -0.3 is 9.84 Å². The second kappa shape index (κ2) is 4.34. The molecule has 1 aromatic carbocycles. The first-order chi connectivity index (χ1) is 8.91. The molecule has 1 N–H and O–H groups in total. The maximum absolute atomic E-state index is 11.9. The Balaban J connectivity index is 2.09. The predicted octanol–water partition coefficient (Wildman–Crippen LogP) is 1.03. The van der Waals surface area contributed by atoms with Gasteiger partial charge >= 0.3 is 0 Å². The van der Waals surface area contributed by atoms with Crippen LogP contribution in [-0.4, -0.2) is 43.3 Å². The number of hydrogen-bond donors (Lipinski definition) is 1. The van der Waals surface area contributed by atoms with Gasteiger partial charge in [0.1, 0.15) is 11.9 Å². The van der Waals surface area contributed by atoms with E-state index in [1.165, 1.54) is 10.6 Å². The van der Waals surface area contributed by atoms with Crippen LogP contribution in [0.1, 0.15) is 11.6 Å². The van der Waals surface area contributed by atoms with Crippen molar-refractivity contribution in [1.29, 1.82) is 0 Å². The Hall–Kier alpha value is -0.820. The van der Waals surface area contributed by atoms with Gasteiger partial charge in [-0.2, -0.15) is 4.31 Å². The summed E-state index contributed by atoms with van der Waals surface area (Å²) in [6.45, 7) is 0.172. The fourth-order valence-corrected chi connectivity index (χ4v) is 4.16. The van der Waals surface area contributed by atoms with Gasteiger partial charge in [-0.1, -0.05) is 11.6 Å². The molecule has 1 aromatic rings. The summed E-state index contributed by atoms with van der Waals surface area (Å²) in [7, 11) is -3.36. The number of hydrogen-bond acceptors (Lipinski definition) is 4. The minimum Gasteiger partial charge on any atom is -0.488 e. The molecule has 104 valence electrons. The van der Waals surface area contributed by atoms with Crippen molar-refractivity contribution in [3.05, 3.63) is 28.8 Å². The minimum absolute atomic E-state index is 0.102. The molecule has 5 nitrogen and oxygen atoms in total. The van der Waals surface area contributed by atoms with E-state index in [-0.39, 0.29) is 31.2 Å². The lowest BCUT2D eigenvalue weighted by molar-refractivity contribution is 0.121. The summed E-state index contributed by atoms with van der Waals surface area (Å²) < 4.78 is 31.0. The molecule has 2 aliphatic rings. The molecule has 0 radical (unpaired) electrons. The summed E-state index contributed by atoms with van der Waals surface area (Å²) in [5, 5.41) is 9.95. The van der Waals surface area contributed by atoms with Gasteiger partial charge in [0.15, 0.2) is 0 Å². The molecule has 0 aliphatic carbocycles. The average molecular weight is 304 g/mol. The molecular weight excluding hydrogens is 290 g/mol. The van der Waals surface area contributed by atoms with Gasteiger partial charge in [-0.15, -0.1) is 0 Å². The minimum atomic E-state index is -3.36. The predicted molar refractivity (Wildman–Crippen MR) is 70.7 cm³/mol. The Labute approximate surface area is 116 Å². The molecule has 3 atom stereocenters. The number of fused-ring (bicyclic) bond motifs is 3. The Morgan fingerprint density at radius 1 is 1.53 bits per heavy atom. The second-order valence-electron chi connectivity index (χ2n) is 4.98. The molecule has 19 heavy (non-hydrogen) atoms. The molecule has 1 saturated heterocycles. The molecule has 2 heterocycles. The monoisotopic (exact) mass is 303 g/mol. The summed E-state index contributed by atoms with van der Waals surface area (Å²) >= 11 is 5.97. The lowest BCUT2D eigenvalue weighted by Crippen LogP contribution is -2.31. The topological polar surface area (TPSA) is 66.8 Å². The Bertz CT molecular complexity index is 618. The molecule has 1 fully saturated rings. The third-order valence-corrected chi connectivity index (χ3v) is 5.18. The van der Waals surface area contributed by atoms with Gasteiger partial charge in [-0.3, -0.25) is 0 Å². The number of sulfonamides is 1. The molecular formula is C12H14ClNO4S. The van der Waals surface area contributed by atoms with E-state index in [9.17, 15) is 13.5 Å². The van der Waals surface area contributed by atoms with Crippen molar-refractivity contribution >= 4 is 21.6 Å². The molecule has 7 heteroatoms. The van der Waals surface area contributed by atoms with Crippen molar-refractivity contribution in [2.24, 2.45) is 5.92 Å². The number of aliphatic hydroxyl groups excluding tert-OH is 1. The maximum atomic E-state index is 11.9. The van der Waals surface area contributed by atoms with Crippen LogP contribution in [0.15, 0.2) is 18.2 Å². The van der Waals surface area contributed by atoms with Crippen LogP contribution in [0.5, 0.6) is 5.75 Å². The van der Waals surface area contributed by atoms with E-state index in [1.54, 1.807) is 18.2 Å². The van der Waals surface area contributed by atoms with Gasteiger partial charge in [-0.25, -0.2) is 8.42 Å². The lowest BCUT2D eigenvalue weighted by Gasteiger charge is -2.20. The van der Waals surface area contributed by atoms with E-state index >= 15 is 0 Å². The normalized spacial score (nSPS) is 29.9. The number of halogens is 1. The van der Waals surface area contributed by atoms with E-state index in [1.807, 2.05) is 0 Å². The number of ether oxygens (including phenoxy) is 1. The first kappa shape index (κ1) is 13.2. The van der Waals surface area contributed by atoms with Crippen LogP contribution < -0.4 is 4.74 Å². The van der Waals surface area contributed by atoms with E-state index < -0.39 is 10.0 Å². The fourth-order valence-electron chi connectivity index (χ4n) is 2.87. The Morgan fingerprint density at radius 3 is 2.89 bits per heavy atom. The summed E-state index contributed by atoms with van der Waals surface area (Å²) in [4.78, 5) is 0. The van der Waals surface area contributed by atoms with Crippen molar-refractivity contribution in [2.75, 3.05) is 19.4 Å². The van der Waals surface area contributed by atoms with Crippen LogP contribution in [0.2, 0.25) is 5.02 Å². The molecule has 0 unspecified atom stereocenters. The molecule has 0 bridgehead atoms. The maximum Gasteiger partial charge on any atom is 0.211 e. The lowest BCUT2D eigenvalue weighted by atomic mass is 10.00. The highest BCUT2D eigenvalue weighted by Gasteiger charge is 2.52. The van der Waals surface area contributed by atoms with Crippen LogP contribution in [0.3, 0.4) is 0 Å². The van der Waals surface area contributed by atoms with Gasteiger partial charge in [0, 0.05) is 23.0 Å². The molecule has 3 rings (SSSR count).